The summed E-state index contributed by atoms with van der Waals surface area (Å²) in [5.41, 5.74) is 0.395. The summed E-state index contributed by atoms with van der Waals surface area (Å²) in [5, 5.41) is 0. The largest absolute Gasteiger partial charge is 0.461 e. The van der Waals surface area contributed by atoms with Crippen LogP contribution in [0.25, 0.3) is 0 Å². The average Bonchev–Trinajstić information content (AvgIpc) is 1.97. The minimum Gasteiger partial charge on any atom is -0.461 e. The van der Waals surface area contributed by atoms with Gasteiger partial charge in [0.1, 0.15) is 6.61 Å². The lowest BCUT2D eigenvalue weighted by atomic mass is 10.4. The molecule has 0 aromatic carbocycles. The van der Waals surface area contributed by atoms with Crippen LogP contribution < -0.4 is 0 Å². The Morgan fingerprint density at radius 3 is 2.82 bits per heavy atom. The monoisotopic (exact) mass is 194 g/mol. The van der Waals surface area contributed by atoms with Crippen LogP contribution in [0.5, 0.6) is 0 Å². The van der Waals surface area contributed by atoms with Crippen LogP contribution in [0.15, 0.2) is 12.2 Å². The maximum absolute atomic E-state index is 10.7. The molecule has 1 N–H and O–H groups in total. The highest BCUT2D eigenvalue weighted by Gasteiger charge is 2.01. The van der Waals surface area contributed by atoms with E-state index in [-0.39, 0.29) is 5.97 Å². The van der Waals surface area contributed by atoms with Crippen molar-refractivity contribution < 1.29 is 14.1 Å². The normalized spacial score (nSPS) is 9.27. The molecule has 0 saturated carbocycles. The van der Waals surface area contributed by atoms with Gasteiger partial charge in [-0.05, 0) is 6.92 Å². The molecule has 0 spiro atoms. The fourth-order valence-corrected chi connectivity index (χ4v) is 0.982. The fraction of sp³-hybridized carbons (Fsp3) is 0.500. The lowest BCUT2D eigenvalue weighted by Crippen LogP contribution is -2.07. The second-order valence-electron chi connectivity index (χ2n) is 1.81. The molecule has 64 valence electrons. The molecule has 11 heavy (non-hydrogen) atoms. The maximum atomic E-state index is 10.7. The molecule has 5 heteroatoms. The maximum Gasteiger partial charge on any atom is 0.333 e. The Hall–Kier alpha value is -0.130. The second-order valence-corrected chi connectivity index (χ2v) is 3.76. The van der Waals surface area contributed by atoms with Gasteiger partial charge in [0.05, 0.1) is 11.1 Å². The van der Waals surface area contributed by atoms with Crippen molar-refractivity contribution in [2.45, 2.75) is 6.92 Å². The smallest absolute Gasteiger partial charge is 0.333 e. The number of ether oxygens (including phenoxy) is 1. The standard InChI is InChI=1S/C6H10O3S2/c1-5(2)6(7)9-3-4-10-11-8/h8H,1,3-4H2,2H3. The molecule has 0 saturated heterocycles. The number of esters is 1. The molecule has 0 aromatic rings. The Morgan fingerprint density at radius 1 is 1.73 bits per heavy atom. The highest BCUT2D eigenvalue weighted by Crippen LogP contribution is 2.15. The Kier molecular flexibility index (Phi) is 6.49. The van der Waals surface area contributed by atoms with E-state index in [1.807, 2.05) is 0 Å². The molecule has 0 aromatic heterocycles. The van der Waals surface area contributed by atoms with E-state index in [1.54, 1.807) is 6.92 Å². The molecule has 0 heterocycles. The second kappa shape index (κ2) is 6.57. The first-order valence-electron chi connectivity index (χ1n) is 2.94. The van der Waals surface area contributed by atoms with Crippen molar-refractivity contribution in [3.63, 3.8) is 0 Å². The van der Waals surface area contributed by atoms with Crippen LogP contribution in [0.1, 0.15) is 6.92 Å². The quantitative estimate of drug-likeness (QED) is 0.238. The van der Waals surface area contributed by atoms with Crippen LogP contribution in [0.2, 0.25) is 0 Å². The van der Waals surface area contributed by atoms with Crippen molar-refractivity contribution in [1.29, 1.82) is 0 Å². The Balaban J connectivity index is 3.25. The van der Waals surface area contributed by atoms with Crippen molar-refractivity contribution in [1.82, 2.24) is 0 Å². The van der Waals surface area contributed by atoms with E-state index in [1.165, 1.54) is 10.8 Å². The minimum absolute atomic E-state index is 0.309. The molecule has 0 bridgehead atoms. The fourth-order valence-electron chi connectivity index (χ4n) is 0.329. The summed E-state index contributed by atoms with van der Waals surface area (Å²) >= 11 is 0.665. The lowest BCUT2D eigenvalue weighted by molar-refractivity contribution is -0.138. The third-order valence-corrected chi connectivity index (χ3v) is 2.06. The molecule has 0 atom stereocenters. The van der Waals surface area contributed by atoms with E-state index in [0.717, 1.165) is 0 Å². The third-order valence-electron chi connectivity index (χ3n) is 0.801. The molecule has 0 rings (SSSR count). The van der Waals surface area contributed by atoms with Crippen molar-refractivity contribution in [2.24, 2.45) is 0 Å². The first-order valence-corrected chi connectivity index (χ1v) is 5.21. The zero-order chi connectivity index (χ0) is 8.69. The number of carbonyl (C=O) groups excluding carboxylic acids is 1. The first kappa shape index (κ1) is 10.9. The summed E-state index contributed by atoms with van der Waals surface area (Å²) in [5.74, 6) is 0.203. The molecule has 0 radical (unpaired) electrons. The van der Waals surface area contributed by atoms with Crippen LogP contribution in [0, 0.1) is 0 Å². The van der Waals surface area contributed by atoms with Crippen LogP contribution in [-0.4, -0.2) is 22.9 Å². The average molecular weight is 194 g/mol. The first-order chi connectivity index (χ1) is 5.18. The van der Waals surface area contributed by atoms with Crippen LogP contribution in [-0.2, 0) is 9.53 Å². The van der Waals surface area contributed by atoms with Crippen LogP contribution in [0.3, 0.4) is 0 Å². The predicted octanol–water partition coefficient (Wildman–Crippen LogP) is 1.96. The van der Waals surface area contributed by atoms with Gasteiger partial charge < -0.3 is 9.29 Å². The molecule has 3 nitrogen and oxygen atoms in total. The zero-order valence-electron chi connectivity index (χ0n) is 6.20. The van der Waals surface area contributed by atoms with Crippen molar-refractivity contribution in [3.05, 3.63) is 12.2 Å². The molecule has 0 aliphatic carbocycles. The van der Waals surface area contributed by atoms with Gasteiger partial charge in [-0.15, -0.1) is 0 Å². The molecular formula is C6H10O3S2. The SMILES string of the molecule is C=C(C)C(=O)OCCSSO. The molecular weight excluding hydrogens is 184 g/mol. The van der Waals surface area contributed by atoms with E-state index >= 15 is 0 Å². The number of carbonyl (C=O) groups is 1. The topological polar surface area (TPSA) is 46.5 Å². The van der Waals surface area contributed by atoms with Crippen LogP contribution >= 0.6 is 21.9 Å². The van der Waals surface area contributed by atoms with Gasteiger partial charge in [-0.3, -0.25) is 0 Å². The minimum atomic E-state index is -0.381. The van der Waals surface area contributed by atoms with Gasteiger partial charge in [-0.1, -0.05) is 17.4 Å². The zero-order valence-corrected chi connectivity index (χ0v) is 7.83. The summed E-state index contributed by atoms with van der Waals surface area (Å²) in [6.45, 7) is 5.32. The van der Waals surface area contributed by atoms with Gasteiger partial charge in [0, 0.05) is 11.3 Å². The predicted molar refractivity (Wildman–Crippen MR) is 48.5 cm³/mol. The summed E-state index contributed by atoms with van der Waals surface area (Å²) in [6.07, 6.45) is 0. The number of hydrogen-bond acceptors (Lipinski definition) is 5. The third kappa shape index (κ3) is 6.28. The Morgan fingerprint density at radius 2 is 2.36 bits per heavy atom. The number of hydrogen-bond donors (Lipinski definition) is 1. The highest BCUT2D eigenvalue weighted by atomic mass is 33.1. The molecule has 0 aliphatic heterocycles. The van der Waals surface area contributed by atoms with E-state index < -0.39 is 0 Å². The number of rotatable bonds is 5. The summed E-state index contributed by atoms with van der Waals surface area (Å²) in [4.78, 5) is 10.7. The lowest BCUT2D eigenvalue weighted by Gasteiger charge is -2.01. The molecule has 0 aliphatic rings. The van der Waals surface area contributed by atoms with Gasteiger partial charge in [0.15, 0.2) is 0 Å². The van der Waals surface area contributed by atoms with E-state index in [2.05, 4.69) is 6.58 Å². The van der Waals surface area contributed by atoms with Gasteiger partial charge in [-0.25, -0.2) is 4.79 Å². The summed E-state index contributed by atoms with van der Waals surface area (Å²) in [6, 6.07) is 0. The highest BCUT2D eigenvalue weighted by molar-refractivity contribution is 8.74. The van der Waals surface area contributed by atoms with Crippen molar-refractivity contribution in [3.8, 4) is 0 Å². The van der Waals surface area contributed by atoms with Gasteiger partial charge in [0.2, 0.25) is 0 Å². The van der Waals surface area contributed by atoms with Gasteiger partial charge in [0.25, 0.3) is 0 Å². The van der Waals surface area contributed by atoms with Gasteiger partial charge in [-0.2, -0.15) is 0 Å². The van der Waals surface area contributed by atoms with Crippen molar-refractivity contribution >= 4 is 27.8 Å². The van der Waals surface area contributed by atoms with Crippen LogP contribution in [0.4, 0.5) is 0 Å². The molecule has 0 unspecified atom stereocenters. The Bertz CT molecular complexity index is 147. The Labute approximate surface area is 73.8 Å². The summed E-state index contributed by atoms with van der Waals surface area (Å²) in [7, 11) is 1.23. The van der Waals surface area contributed by atoms with E-state index in [9.17, 15) is 4.79 Å². The summed E-state index contributed by atoms with van der Waals surface area (Å²) < 4.78 is 13.0. The van der Waals surface area contributed by atoms with E-state index in [4.69, 9.17) is 9.29 Å². The van der Waals surface area contributed by atoms with Crippen molar-refractivity contribution in [2.75, 3.05) is 12.4 Å². The molecule has 0 fully saturated rings. The molecule has 0 amide bonds. The van der Waals surface area contributed by atoms with E-state index in [0.29, 0.717) is 29.0 Å². The van der Waals surface area contributed by atoms with Gasteiger partial charge >= 0.3 is 5.97 Å².